The van der Waals surface area contributed by atoms with E-state index in [1.54, 1.807) is 55.6 Å². The van der Waals surface area contributed by atoms with Gasteiger partial charge in [-0.2, -0.15) is 0 Å². The van der Waals surface area contributed by atoms with Crippen LogP contribution in [0.5, 0.6) is 5.75 Å². The monoisotopic (exact) mass is 604 g/mol. The Morgan fingerprint density at radius 2 is 1.75 bits per heavy atom. The van der Waals surface area contributed by atoms with Crippen LogP contribution < -0.4 is 15.4 Å². The largest absolute Gasteiger partial charge is 0.497 e. The summed E-state index contributed by atoms with van der Waals surface area (Å²) in [5.41, 5.74) is -0.406. The Kier molecular flexibility index (Phi) is 12.5. The number of benzene rings is 2. The fourth-order valence-corrected chi connectivity index (χ4v) is 4.38. The lowest BCUT2D eigenvalue weighted by molar-refractivity contribution is -0.178. The van der Waals surface area contributed by atoms with Crippen LogP contribution in [0.15, 0.2) is 66.7 Å². The number of hydrogen-bond donors (Lipinski definition) is 3. The first-order chi connectivity index (χ1) is 21.0. The lowest BCUT2D eigenvalue weighted by Crippen LogP contribution is -2.48. The molecule has 0 unspecified atom stereocenters. The van der Waals surface area contributed by atoms with Crippen molar-refractivity contribution in [3.8, 4) is 17.6 Å². The summed E-state index contributed by atoms with van der Waals surface area (Å²) in [5.74, 6) is 3.68. The quantitative estimate of drug-likeness (QED) is 0.338. The normalized spacial score (nSPS) is 22.3. The van der Waals surface area contributed by atoms with E-state index in [0.717, 1.165) is 5.56 Å². The summed E-state index contributed by atoms with van der Waals surface area (Å²) in [6.45, 7) is 5.07. The van der Waals surface area contributed by atoms with Crippen LogP contribution >= 0.6 is 0 Å². The third-order valence-corrected chi connectivity index (χ3v) is 6.82. The van der Waals surface area contributed by atoms with Crippen LogP contribution in [0.25, 0.3) is 0 Å². The van der Waals surface area contributed by atoms with Gasteiger partial charge in [0.2, 0.25) is 11.8 Å². The predicted octanol–water partition coefficient (Wildman–Crippen LogP) is 2.86. The van der Waals surface area contributed by atoms with Crippen molar-refractivity contribution < 1.29 is 38.5 Å². The van der Waals surface area contributed by atoms with Gasteiger partial charge in [-0.25, -0.2) is 4.79 Å². The van der Waals surface area contributed by atoms with Crippen molar-refractivity contribution in [3.05, 3.63) is 77.9 Å². The molecule has 3 N–H and O–H groups in total. The van der Waals surface area contributed by atoms with E-state index in [0.29, 0.717) is 11.3 Å². The van der Waals surface area contributed by atoms with Crippen molar-refractivity contribution in [2.75, 3.05) is 13.7 Å². The summed E-state index contributed by atoms with van der Waals surface area (Å²) in [6.07, 6.45) is 0.269. The van der Waals surface area contributed by atoms with Crippen molar-refractivity contribution in [2.45, 2.75) is 70.3 Å². The maximum Gasteiger partial charge on any atom is 0.347 e. The van der Waals surface area contributed by atoms with Crippen molar-refractivity contribution >= 4 is 23.8 Å². The summed E-state index contributed by atoms with van der Waals surface area (Å²) in [4.78, 5) is 51.9. The van der Waals surface area contributed by atoms with Crippen LogP contribution in [-0.2, 0) is 35.1 Å². The third kappa shape index (κ3) is 10.9. The highest BCUT2D eigenvalue weighted by Crippen LogP contribution is 2.21. The highest BCUT2D eigenvalue weighted by Gasteiger charge is 2.36. The number of hydrogen-bond acceptors (Lipinski definition) is 8. The fraction of sp³-hybridized carbons (Fsp3) is 0.412. The Morgan fingerprint density at radius 1 is 1.05 bits per heavy atom. The molecule has 10 heteroatoms. The number of amides is 2. The number of rotatable bonds is 6. The Hall–Kier alpha value is -4.62. The molecule has 234 valence electrons. The number of carbonyl (C=O) groups is 4. The van der Waals surface area contributed by atoms with Crippen molar-refractivity contribution in [1.29, 1.82) is 0 Å². The van der Waals surface area contributed by atoms with Gasteiger partial charge in [-0.15, -0.1) is 0 Å². The molecule has 0 bridgehead atoms. The van der Waals surface area contributed by atoms with Crippen LogP contribution in [0.3, 0.4) is 0 Å². The Morgan fingerprint density at radius 3 is 2.41 bits per heavy atom. The lowest BCUT2D eigenvalue weighted by atomic mass is 9.95. The molecule has 0 spiro atoms. The van der Waals surface area contributed by atoms with Gasteiger partial charge < -0.3 is 30.0 Å². The minimum Gasteiger partial charge on any atom is -0.497 e. The first kappa shape index (κ1) is 33.9. The molecular formula is C34H40N2O8. The number of aliphatic hydroxyl groups is 1. The van der Waals surface area contributed by atoms with Gasteiger partial charge in [-0.1, -0.05) is 62.1 Å². The van der Waals surface area contributed by atoms with E-state index in [1.807, 2.05) is 19.9 Å². The number of nitrogens with one attached hydrogen (secondary N) is 2. The second-order valence-corrected chi connectivity index (χ2v) is 11.1. The summed E-state index contributed by atoms with van der Waals surface area (Å²) in [6, 6.07) is 15.1. The van der Waals surface area contributed by atoms with Crippen molar-refractivity contribution in [2.24, 2.45) is 5.92 Å². The number of ether oxygens (including phenoxy) is 3. The first-order valence-electron chi connectivity index (χ1n) is 14.5. The van der Waals surface area contributed by atoms with Crippen molar-refractivity contribution in [3.63, 3.8) is 0 Å². The van der Waals surface area contributed by atoms with E-state index in [9.17, 15) is 24.3 Å². The van der Waals surface area contributed by atoms with Crippen LogP contribution in [0.2, 0.25) is 0 Å². The van der Waals surface area contributed by atoms with Crippen LogP contribution in [0, 0.1) is 17.8 Å². The Balaban J connectivity index is 1.90. The molecule has 44 heavy (non-hydrogen) atoms. The smallest absolute Gasteiger partial charge is 0.347 e. The molecule has 2 aromatic carbocycles. The second kappa shape index (κ2) is 16.3. The molecule has 10 nitrogen and oxygen atoms in total. The van der Waals surface area contributed by atoms with Gasteiger partial charge in [0, 0.05) is 24.9 Å². The number of esters is 2. The molecule has 4 atom stereocenters. The molecule has 1 aliphatic rings. The minimum absolute atomic E-state index is 0.0233. The van der Waals surface area contributed by atoms with Gasteiger partial charge in [0.05, 0.1) is 13.5 Å². The summed E-state index contributed by atoms with van der Waals surface area (Å²) < 4.78 is 16.4. The molecule has 2 amide bonds. The highest BCUT2D eigenvalue weighted by molar-refractivity contribution is 5.93. The van der Waals surface area contributed by atoms with E-state index in [1.165, 1.54) is 19.1 Å². The molecule has 0 radical (unpaired) electrons. The summed E-state index contributed by atoms with van der Waals surface area (Å²) in [5, 5.41) is 16.7. The van der Waals surface area contributed by atoms with Gasteiger partial charge in [-0.05, 0) is 55.2 Å². The van der Waals surface area contributed by atoms with Gasteiger partial charge >= 0.3 is 11.9 Å². The average molecular weight is 605 g/mol. The first-order valence-corrected chi connectivity index (χ1v) is 14.5. The average Bonchev–Trinajstić information content (AvgIpc) is 2.99. The number of carbonyl (C=O) groups excluding carboxylic acids is 4. The summed E-state index contributed by atoms with van der Waals surface area (Å²) in [7, 11) is 1.55. The molecule has 2 aromatic rings. The van der Waals surface area contributed by atoms with E-state index in [-0.39, 0.29) is 38.1 Å². The van der Waals surface area contributed by atoms with E-state index >= 15 is 0 Å². The highest BCUT2D eigenvalue weighted by atomic mass is 16.6. The maximum atomic E-state index is 13.3. The zero-order chi connectivity index (χ0) is 32.1. The van der Waals surface area contributed by atoms with Crippen molar-refractivity contribution in [1.82, 2.24) is 10.6 Å². The Bertz CT molecular complexity index is 1370. The molecule has 0 aromatic heterocycles. The van der Waals surface area contributed by atoms with Crippen LogP contribution in [0.1, 0.15) is 51.2 Å². The van der Waals surface area contributed by atoms with E-state index in [4.69, 9.17) is 14.2 Å². The molecule has 1 heterocycles. The zero-order valence-corrected chi connectivity index (χ0v) is 25.5. The predicted molar refractivity (Wildman–Crippen MR) is 163 cm³/mol. The number of methoxy groups -OCH3 is 1. The fourth-order valence-electron chi connectivity index (χ4n) is 4.38. The Labute approximate surface area is 258 Å². The zero-order valence-electron chi connectivity index (χ0n) is 25.5. The topological polar surface area (TPSA) is 140 Å². The SMILES string of the molecule is COc1ccc(C[C@H]2NC(=O)/C=C/C[C@@H]([C@](C)(O)C#Cc3ccccc3)OC(=O)[C@H](CC(C)C)OC(=O)CCNC2=O)cc1. The number of cyclic esters (lactones) is 2. The lowest BCUT2D eigenvalue weighted by Gasteiger charge is -2.29. The summed E-state index contributed by atoms with van der Waals surface area (Å²) >= 11 is 0. The van der Waals surface area contributed by atoms with E-state index < -0.39 is 47.6 Å². The van der Waals surface area contributed by atoms with Gasteiger partial charge in [0.25, 0.3) is 0 Å². The van der Waals surface area contributed by atoms with Crippen LogP contribution in [-0.4, -0.2) is 66.4 Å². The van der Waals surface area contributed by atoms with E-state index in [2.05, 4.69) is 22.5 Å². The molecular weight excluding hydrogens is 564 g/mol. The maximum absolute atomic E-state index is 13.3. The van der Waals surface area contributed by atoms with Crippen LogP contribution in [0.4, 0.5) is 0 Å². The molecule has 3 rings (SSSR count). The molecule has 0 saturated carbocycles. The van der Waals surface area contributed by atoms with Gasteiger partial charge in [0.15, 0.2) is 11.7 Å². The minimum atomic E-state index is -1.83. The molecule has 0 saturated heterocycles. The second-order valence-electron chi connectivity index (χ2n) is 11.1. The molecule has 0 aliphatic carbocycles. The third-order valence-electron chi connectivity index (χ3n) is 6.82. The molecule has 0 fully saturated rings. The van der Waals surface area contributed by atoms with Gasteiger partial charge in [-0.3, -0.25) is 14.4 Å². The standard InChI is InChI=1S/C34H40N2O8/c1-23(2)21-28-33(40)44-29(34(3,41)19-17-24-9-6-5-7-10-24)11-8-12-30(37)36-27(32(39)35-20-18-31(38)43-28)22-25-13-15-26(42-4)16-14-25/h5-10,12-16,23,27-29,41H,11,18,20-22H2,1-4H3,(H,35,39)(H,36,37)/b12-8+/t27-,28+,29+,34-/m1/s1. The molecule has 1 aliphatic heterocycles. The van der Waals surface area contributed by atoms with Gasteiger partial charge in [0.1, 0.15) is 17.9 Å².